The summed E-state index contributed by atoms with van der Waals surface area (Å²) in [6.45, 7) is 8.48. The van der Waals surface area contributed by atoms with E-state index >= 15 is 0 Å². The van der Waals surface area contributed by atoms with Gasteiger partial charge in [0.2, 0.25) is 0 Å². The number of fused-ring (bicyclic) bond motifs is 2. The predicted molar refractivity (Wildman–Crippen MR) is 63.6 cm³/mol. The predicted octanol–water partition coefficient (Wildman–Crippen LogP) is 2.22. The van der Waals surface area contributed by atoms with Crippen molar-refractivity contribution in [1.82, 2.24) is 4.90 Å². The smallest absolute Gasteiger partial charge is 0.410 e. The Morgan fingerprint density at radius 3 is 2.35 bits per heavy atom. The average Bonchev–Trinajstić information content (AvgIpc) is 2.13. The molecule has 0 spiro atoms. The molecule has 0 aromatic rings. The largest absolute Gasteiger partial charge is 0.444 e. The zero-order valence-electron chi connectivity index (χ0n) is 11.1. The van der Waals surface area contributed by atoms with Crippen LogP contribution in [0.4, 0.5) is 4.79 Å². The molecule has 0 aromatic carbocycles. The first-order chi connectivity index (χ1) is 7.72. The summed E-state index contributed by atoms with van der Waals surface area (Å²) in [5.41, 5.74) is -0.734. The highest BCUT2D eigenvalue weighted by molar-refractivity contribution is 5.85. The lowest BCUT2D eigenvalue weighted by molar-refractivity contribution is -0.144. The molecule has 2 saturated heterocycles. The standard InChI is InChI=1S/C13H21NO3/c1-9(15)13-5-10(6-13)7-14(8-13)11(16)17-12(2,3)4/h10H,5-8H2,1-4H3. The van der Waals surface area contributed by atoms with Gasteiger partial charge in [-0.2, -0.15) is 0 Å². The lowest BCUT2D eigenvalue weighted by atomic mass is 9.57. The number of hydrogen-bond donors (Lipinski definition) is 0. The molecule has 17 heavy (non-hydrogen) atoms. The second-order valence-corrected chi connectivity index (χ2v) is 6.47. The van der Waals surface area contributed by atoms with Crippen LogP contribution in [0.15, 0.2) is 0 Å². The number of carbonyl (C=O) groups excluding carboxylic acids is 2. The van der Waals surface area contributed by atoms with Gasteiger partial charge in [-0.05, 0) is 46.5 Å². The molecule has 0 atom stereocenters. The summed E-state index contributed by atoms with van der Waals surface area (Å²) in [6.07, 6.45) is 1.61. The number of amides is 1. The molecule has 1 aliphatic carbocycles. The van der Waals surface area contributed by atoms with E-state index in [1.807, 2.05) is 20.8 Å². The number of ketones is 1. The molecule has 1 amide bonds. The lowest BCUT2D eigenvalue weighted by Crippen LogP contribution is -2.61. The Labute approximate surface area is 102 Å². The third-order valence-electron chi connectivity index (χ3n) is 3.73. The van der Waals surface area contributed by atoms with Crippen molar-refractivity contribution in [2.24, 2.45) is 11.3 Å². The molecule has 3 aliphatic rings. The van der Waals surface area contributed by atoms with Crippen molar-refractivity contribution in [1.29, 1.82) is 0 Å². The highest BCUT2D eigenvalue weighted by atomic mass is 16.6. The molecule has 2 aliphatic heterocycles. The summed E-state index contributed by atoms with van der Waals surface area (Å²) in [4.78, 5) is 25.3. The quantitative estimate of drug-likeness (QED) is 0.705. The third kappa shape index (κ3) is 2.31. The number of piperidine rings is 2. The van der Waals surface area contributed by atoms with Crippen LogP contribution in [0, 0.1) is 11.3 Å². The van der Waals surface area contributed by atoms with Crippen molar-refractivity contribution >= 4 is 11.9 Å². The fourth-order valence-electron chi connectivity index (χ4n) is 2.91. The first-order valence-electron chi connectivity index (χ1n) is 6.21. The van der Waals surface area contributed by atoms with E-state index in [2.05, 4.69) is 0 Å². The highest BCUT2D eigenvalue weighted by Crippen LogP contribution is 2.51. The summed E-state index contributed by atoms with van der Waals surface area (Å²) in [6, 6.07) is 0. The average molecular weight is 239 g/mol. The third-order valence-corrected chi connectivity index (χ3v) is 3.73. The summed E-state index contributed by atoms with van der Waals surface area (Å²) >= 11 is 0. The van der Waals surface area contributed by atoms with Crippen LogP contribution in [0.2, 0.25) is 0 Å². The van der Waals surface area contributed by atoms with Crippen LogP contribution in [0.25, 0.3) is 0 Å². The molecule has 0 radical (unpaired) electrons. The number of Topliss-reactive ketones (excluding diaryl/α,β-unsaturated/α-hetero) is 1. The lowest BCUT2D eigenvalue weighted by Gasteiger charge is -2.54. The molecule has 3 fully saturated rings. The van der Waals surface area contributed by atoms with Gasteiger partial charge in [0, 0.05) is 18.5 Å². The topological polar surface area (TPSA) is 46.6 Å². The van der Waals surface area contributed by atoms with Gasteiger partial charge in [-0.15, -0.1) is 0 Å². The molecular formula is C13H21NO3. The maximum absolute atomic E-state index is 11.9. The summed E-state index contributed by atoms with van der Waals surface area (Å²) < 4.78 is 5.35. The maximum Gasteiger partial charge on any atom is 0.410 e. The van der Waals surface area contributed by atoms with Crippen molar-refractivity contribution in [3.05, 3.63) is 0 Å². The van der Waals surface area contributed by atoms with Gasteiger partial charge in [0.25, 0.3) is 0 Å². The van der Waals surface area contributed by atoms with Crippen molar-refractivity contribution in [2.45, 2.75) is 46.1 Å². The SMILES string of the molecule is CC(=O)C12CC(CN(C(=O)OC(C)(C)C)C1)C2. The Balaban J connectivity index is 2.00. The van der Waals surface area contributed by atoms with Crippen LogP contribution in [-0.4, -0.2) is 35.5 Å². The van der Waals surface area contributed by atoms with E-state index in [4.69, 9.17) is 4.74 Å². The highest BCUT2D eigenvalue weighted by Gasteiger charge is 2.54. The first-order valence-corrected chi connectivity index (χ1v) is 6.21. The molecular weight excluding hydrogens is 218 g/mol. The van der Waals surface area contributed by atoms with Crippen LogP contribution in [0.3, 0.4) is 0 Å². The van der Waals surface area contributed by atoms with Gasteiger partial charge >= 0.3 is 6.09 Å². The van der Waals surface area contributed by atoms with Gasteiger partial charge in [0.15, 0.2) is 0 Å². The van der Waals surface area contributed by atoms with E-state index in [0.717, 1.165) is 19.4 Å². The number of nitrogens with zero attached hydrogens (tertiary/aromatic N) is 1. The second kappa shape index (κ2) is 3.72. The molecule has 4 nitrogen and oxygen atoms in total. The van der Waals surface area contributed by atoms with E-state index in [0.29, 0.717) is 12.5 Å². The Kier molecular flexibility index (Phi) is 2.71. The molecule has 0 unspecified atom stereocenters. The zero-order chi connectivity index (χ0) is 12.8. The molecule has 0 N–H and O–H groups in total. The minimum absolute atomic E-state index is 0.210. The van der Waals surface area contributed by atoms with Gasteiger partial charge in [-0.25, -0.2) is 4.79 Å². The molecule has 1 saturated carbocycles. The van der Waals surface area contributed by atoms with Crippen LogP contribution in [-0.2, 0) is 9.53 Å². The van der Waals surface area contributed by atoms with E-state index in [1.165, 1.54) is 0 Å². The Bertz CT molecular complexity index is 350. The normalized spacial score (nSPS) is 31.8. The van der Waals surface area contributed by atoms with Crippen molar-refractivity contribution in [3.8, 4) is 0 Å². The van der Waals surface area contributed by atoms with Gasteiger partial charge < -0.3 is 9.64 Å². The van der Waals surface area contributed by atoms with Crippen molar-refractivity contribution in [3.63, 3.8) is 0 Å². The van der Waals surface area contributed by atoms with E-state index in [-0.39, 0.29) is 17.3 Å². The number of hydrogen-bond acceptors (Lipinski definition) is 3. The van der Waals surface area contributed by atoms with Crippen LogP contribution < -0.4 is 0 Å². The zero-order valence-corrected chi connectivity index (χ0v) is 11.1. The molecule has 0 aromatic heterocycles. The van der Waals surface area contributed by atoms with Crippen LogP contribution in [0.5, 0.6) is 0 Å². The van der Waals surface area contributed by atoms with Crippen molar-refractivity contribution in [2.75, 3.05) is 13.1 Å². The van der Waals surface area contributed by atoms with Crippen LogP contribution >= 0.6 is 0 Å². The fourth-order valence-corrected chi connectivity index (χ4v) is 2.91. The van der Waals surface area contributed by atoms with Gasteiger partial charge in [-0.1, -0.05) is 0 Å². The minimum Gasteiger partial charge on any atom is -0.444 e. The molecule has 2 bridgehead atoms. The van der Waals surface area contributed by atoms with Gasteiger partial charge in [0.1, 0.15) is 11.4 Å². The van der Waals surface area contributed by atoms with Crippen LogP contribution in [0.1, 0.15) is 40.5 Å². The summed E-state index contributed by atoms with van der Waals surface area (Å²) in [5.74, 6) is 0.696. The Morgan fingerprint density at radius 2 is 1.88 bits per heavy atom. The number of carbonyl (C=O) groups is 2. The number of ether oxygens (including phenoxy) is 1. The molecule has 2 heterocycles. The van der Waals surface area contributed by atoms with E-state index in [9.17, 15) is 9.59 Å². The first kappa shape index (κ1) is 12.4. The van der Waals surface area contributed by atoms with Gasteiger partial charge in [-0.3, -0.25) is 4.79 Å². The molecule has 96 valence electrons. The maximum atomic E-state index is 11.9. The Hall–Kier alpha value is -1.06. The summed E-state index contributed by atoms with van der Waals surface area (Å²) in [5, 5.41) is 0. The monoisotopic (exact) mass is 239 g/mol. The molecule has 4 heteroatoms. The van der Waals surface area contributed by atoms with Crippen molar-refractivity contribution < 1.29 is 14.3 Å². The van der Waals surface area contributed by atoms with E-state index < -0.39 is 5.60 Å². The number of rotatable bonds is 1. The molecule has 3 rings (SSSR count). The summed E-state index contributed by atoms with van der Waals surface area (Å²) in [7, 11) is 0. The minimum atomic E-state index is -0.470. The fraction of sp³-hybridized carbons (Fsp3) is 0.846. The second-order valence-electron chi connectivity index (χ2n) is 6.47. The van der Waals surface area contributed by atoms with Gasteiger partial charge in [0.05, 0.1) is 0 Å². The Morgan fingerprint density at radius 1 is 1.29 bits per heavy atom. The van der Waals surface area contributed by atoms with E-state index in [1.54, 1.807) is 11.8 Å².